The number of halogens is 3. The van der Waals surface area contributed by atoms with Gasteiger partial charge >= 0.3 is 12.1 Å². The van der Waals surface area contributed by atoms with Gasteiger partial charge in [0.05, 0.1) is 15.8 Å². The SMILES string of the molecule is C/C(=C\C(=C/C(C)C)Nc1nccc(C(F)(F)F)n1)c1cnc([C@@H]2CC[C@H](C(=O)O)CC(C)(C)C2)s1. The highest BCUT2D eigenvalue weighted by atomic mass is 32.1. The highest BCUT2D eigenvalue weighted by molar-refractivity contribution is 7.12. The van der Waals surface area contributed by atoms with Crippen LogP contribution in [0.4, 0.5) is 19.1 Å². The number of allylic oxidation sites excluding steroid dienone is 3. The molecule has 0 amide bonds. The molecule has 0 aliphatic heterocycles. The van der Waals surface area contributed by atoms with Crippen molar-refractivity contribution in [3.05, 3.63) is 51.9 Å². The quantitative estimate of drug-likeness (QED) is 0.291. The molecule has 0 saturated heterocycles. The Morgan fingerprint density at radius 2 is 1.97 bits per heavy atom. The van der Waals surface area contributed by atoms with Crippen LogP contribution in [0.25, 0.3) is 5.57 Å². The average molecular weight is 523 g/mol. The van der Waals surface area contributed by atoms with Crippen LogP contribution in [0.15, 0.2) is 36.3 Å². The first-order valence-corrected chi connectivity index (χ1v) is 12.8. The number of thiazole rings is 1. The molecule has 3 rings (SSSR count). The fourth-order valence-electron chi connectivity index (χ4n) is 4.60. The van der Waals surface area contributed by atoms with Gasteiger partial charge in [-0.3, -0.25) is 4.79 Å². The predicted molar refractivity (Wildman–Crippen MR) is 135 cm³/mol. The van der Waals surface area contributed by atoms with E-state index in [9.17, 15) is 23.1 Å². The smallest absolute Gasteiger partial charge is 0.433 e. The molecule has 1 aliphatic rings. The molecule has 1 fully saturated rings. The first-order valence-electron chi connectivity index (χ1n) is 12.0. The molecule has 36 heavy (non-hydrogen) atoms. The summed E-state index contributed by atoms with van der Waals surface area (Å²) < 4.78 is 39.2. The molecule has 0 unspecified atom stereocenters. The van der Waals surface area contributed by atoms with Crippen molar-refractivity contribution in [2.75, 3.05) is 5.32 Å². The summed E-state index contributed by atoms with van der Waals surface area (Å²) in [7, 11) is 0. The second-order valence-electron chi connectivity index (χ2n) is 10.5. The van der Waals surface area contributed by atoms with Gasteiger partial charge in [-0.15, -0.1) is 11.3 Å². The van der Waals surface area contributed by atoms with E-state index in [2.05, 4.69) is 34.1 Å². The van der Waals surface area contributed by atoms with E-state index in [-0.39, 0.29) is 29.1 Å². The summed E-state index contributed by atoms with van der Waals surface area (Å²) in [6.45, 7) is 10.1. The van der Waals surface area contributed by atoms with E-state index in [1.807, 2.05) is 39.1 Å². The summed E-state index contributed by atoms with van der Waals surface area (Å²) in [6.07, 6.45) is 5.05. The van der Waals surface area contributed by atoms with Gasteiger partial charge in [-0.2, -0.15) is 13.2 Å². The van der Waals surface area contributed by atoms with Gasteiger partial charge in [0.25, 0.3) is 0 Å². The van der Waals surface area contributed by atoms with E-state index >= 15 is 0 Å². The number of alkyl halides is 3. The number of rotatable bonds is 7. The fourth-order valence-corrected chi connectivity index (χ4v) is 5.62. The summed E-state index contributed by atoms with van der Waals surface area (Å²) in [5.74, 6) is -0.865. The van der Waals surface area contributed by atoms with Gasteiger partial charge in [0.1, 0.15) is 5.69 Å². The lowest BCUT2D eigenvalue weighted by atomic mass is 9.79. The Hall–Kier alpha value is -2.75. The highest BCUT2D eigenvalue weighted by Gasteiger charge is 2.36. The molecule has 2 N–H and O–H groups in total. The van der Waals surface area contributed by atoms with Crippen LogP contribution in [0.1, 0.15) is 81.8 Å². The van der Waals surface area contributed by atoms with Gasteiger partial charge in [0.15, 0.2) is 0 Å². The van der Waals surface area contributed by atoms with Gasteiger partial charge in [-0.05, 0) is 61.7 Å². The first kappa shape index (κ1) is 27.8. The zero-order valence-corrected chi connectivity index (χ0v) is 22.0. The van der Waals surface area contributed by atoms with Crippen molar-refractivity contribution >= 4 is 28.8 Å². The van der Waals surface area contributed by atoms with Crippen molar-refractivity contribution in [1.29, 1.82) is 0 Å². The number of hydrogen-bond acceptors (Lipinski definition) is 6. The van der Waals surface area contributed by atoms with Crippen molar-refractivity contribution in [2.45, 2.75) is 72.4 Å². The van der Waals surface area contributed by atoms with E-state index in [0.29, 0.717) is 18.5 Å². The van der Waals surface area contributed by atoms with Gasteiger partial charge in [0.2, 0.25) is 5.95 Å². The lowest BCUT2D eigenvalue weighted by Crippen LogP contribution is -2.21. The van der Waals surface area contributed by atoms with Crippen molar-refractivity contribution in [3.8, 4) is 0 Å². The minimum Gasteiger partial charge on any atom is -0.481 e. The van der Waals surface area contributed by atoms with Crippen LogP contribution in [0.3, 0.4) is 0 Å². The van der Waals surface area contributed by atoms with Crippen LogP contribution in [-0.4, -0.2) is 26.0 Å². The van der Waals surface area contributed by atoms with E-state index in [0.717, 1.165) is 40.6 Å². The highest BCUT2D eigenvalue weighted by Crippen LogP contribution is 2.45. The number of nitrogens with one attached hydrogen (secondary N) is 1. The Kier molecular flexibility index (Phi) is 8.59. The largest absolute Gasteiger partial charge is 0.481 e. The maximum atomic E-state index is 13.1. The number of carboxylic acids is 1. The molecule has 0 spiro atoms. The fraction of sp³-hybridized carbons (Fsp3) is 0.538. The molecule has 0 radical (unpaired) electrons. The molecule has 2 aromatic rings. The number of aromatic nitrogens is 3. The summed E-state index contributed by atoms with van der Waals surface area (Å²) in [6, 6.07) is 0.838. The van der Waals surface area contributed by atoms with Crippen LogP contribution in [0.5, 0.6) is 0 Å². The standard InChI is InChI=1S/C26H33F3N4O2S/c1-15(2)10-19(32-24-30-9-8-21(33-24)26(27,28)29)11-16(3)20-14-31-22(36-20)17-6-7-18(23(34)35)13-25(4,5)12-17/h8-11,14-15,17-18H,6-7,12-13H2,1-5H3,(H,34,35)(H,30,32,33)/b16-11+,19-10+/t17-,18+/m1/s1. The number of carboxylic acid groups (broad SMARTS) is 1. The van der Waals surface area contributed by atoms with Crippen molar-refractivity contribution in [2.24, 2.45) is 17.3 Å². The Balaban J connectivity index is 1.82. The second kappa shape index (κ2) is 11.1. The van der Waals surface area contributed by atoms with Crippen molar-refractivity contribution in [1.82, 2.24) is 15.0 Å². The molecule has 1 aliphatic carbocycles. The molecule has 2 aromatic heterocycles. The Labute approximate surface area is 213 Å². The molecule has 1 saturated carbocycles. The molecular formula is C26H33F3N4O2S. The molecule has 2 heterocycles. The number of nitrogens with zero attached hydrogens (tertiary/aromatic N) is 3. The molecule has 10 heteroatoms. The zero-order valence-electron chi connectivity index (χ0n) is 21.2. The van der Waals surface area contributed by atoms with Crippen LogP contribution < -0.4 is 5.32 Å². The van der Waals surface area contributed by atoms with Gasteiger partial charge in [0, 0.05) is 24.0 Å². The lowest BCUT2D eigenvalue weighted by molar-refractivity contribution is -0.143. The lowest BCUT2D eigenvalue weighted by Gasteiger charge is -2.26. The van der Waals surface area contributed by atoms with Gasteiger partial charge in [-0.1, -0.05) is 33.8 Å². The maximum absolute atomic E-state index is 13.1. The minimum atomic E-state index is -4.55. The van der Waals surface area contributed by atoms with Crippen LogP contribution in [-0.2, 0) is 11.0 Å². The summed E-state index contributed by atoms with van der Waals surface area (Å²) >= 11 is 1.58. The Morgan fingerprint density at radius 1 is 1.25 bits per heavy atom. The number of anilines is 1. The molecular weight excluding hydrogens is 489 g/mol. The van der Waals surface area contributed by atoms with E-state index < -0.39 is 17.8 Å². The average Bonchev–Trinajstić information content (AvgIpc) is 3.18. The van der Waals surface area contributed by atoms with E-state index in [4.69, 9.17) is 0 Å². The van der Waals surface area contributed by atoms with Crippen LogP contribution in [0.2, 0.25) is 0 Å². The number of aliphatic carboxylic acids is 1. The summed E-state index contributed by atoms with van der Waals surface area (Å²) in [5, 5.41) is 13.4. The maximum Gasteiger partial charge on any atom is 0.433 e. The molecule has 2 atom stereocenters. The predicted octanol–water partition coefficient (Wildman–Crippen LogP) is 7.39. The molecule has 0 aromatic carbocycles. The third kappa shape index (κ3) is 7.62. The molecule has 0 bridgehead atoms. The van der Waals surface area contributed by atoms with Crippen molar-refractivity contribution < 1.29 is 23.1 Å². The topological polar surface area (TPSA) is 88.0 Å². The first-order chi connectivity index (χ1) is 16.7. The second-order valence-corrected chi connectivity index (χ2v) is 11.6. The number of carbonyl (C=O) groups is 1. The van der Waals surface area contributed by atoms with Crippen molar-refractivity contribution in [3.63, 3.8) is 0 Å². The third-order valence-corrected chi connectivity index (χ3v) is 7.45. The Morgan fingerprint density at radius 3 is 2.61 bits per heavy atom. The summed E-state index contributed by atoms with van der Waals surface area (Å²) in [5.41, 5.74) is 0.398. The van der Waals surface area contributed by atoms with Gasteiger partial charge in [-0.25, -0.2) is 15.0 Å². The van der Waals surface area contributed by atoms with Crippen LogP contribution in [0, 0.1) is 17.3 Å². The normalized spacial score (nSPS) is 21.4. The minimum absolute atomic E-state index is 0.0943. The molecule has 196 valence electrons. The summed E-state index contributed by atoms with van der Waals surface area (Å²) in [4.78, 5) is 24.8. The zero-order chi connectivity index (χ0) is 26.7. The van der Waals surface area contributed by atoms with Crippen LogP contribution >= 0.6 is 11.3 Å². The third-order valence-electron chi connectivity index (χ3n) is 6.16. The number of hydrogen-bond donors (Lipinski definition) is 2. The monoisotopic (exact) mass is 522 g/mol. The van der Waals surface area contributed by atoms with E-state index in [1.54, 1.807) is 11.3 Å². The van der Waals surface area contributed by atoms with E-state index in [1.165, 1.54) is 0 Å². The van der Waals surface area contributed by atoms with Gasteiger partial charge < -0.3 is 10.4 Å². The molecule has 6 nitrogen and oxygen atoms in total. The Bertz CT molecular complexity index is 1140.